The minimum absolute atomic E-state index is 0.0199. The van der Waals surface area contributed by atoms with E-state index in [4.69, 9.17) is 23.5 Å². The highest BCUT2D eigenvalue weighted by molar-refractivity contribution is 9.10. The molecule has 6 rings (SSSR count). The first-order valence-electron chi connectivity index (χ1n) is 10.2. The summed E-state index contributed by atoms with van der Waals surface area (Å²) in [5.41, 5.74) is -0.294. The second kappa shape index (κ2) is 9.04. The first-order chi connectivity index (χ1) is 16.4. The fraction of sp³-hybridized carbons (Fsp3) is 0.688. The zero-order valence-corrected chi connectivity index (χ0v) is 21.6. The van der Waals surface area contributed by atoms with Crippen LogP contribution in [0.4, 0.5) is 0 Å². The fourth-order valence-electron chi connectivity index (χ4n) is 4.02. The molecule has 0 spiro atoms. The average Bonchev–Trinajstić information content (AvgIpc) is 3.34. The Morgan fingerprint density at radius 1 is 1.14 bits per heavy atom. The quantitative estimate of drug-likeness (QED) is 0.320. The maximum Gasteiger partial charge on any atom is 0.481 e. The minimum atomic E-state index is -5.05. The Bertz CT molecular complexity index is 1300. The highest BCUT2D eigenvalue weighted by atomic mass is 79.9. The summed E-state index contributed by atoms with van der Waals surface area (Å²) in [5.74, 6) is -1.04. The second-order valence-electron chi connectivity index (χ2n) is 8.26. The molecule has 2 aromatic rings. The summed E-state index contributed by atoms with van der Waals surface area (Å²) in [6.07, 6.45) is -2.20. The number of rotatable bonds is 0. The van der Waals surface area contributed by atoms with Gasteiger partial charge in [0.15, 0.2) is 27.9 Å². The number of aromatic nitrogens is 4. The summed E-state index contributed by atoms with van der Waals surface area (Å²) in [6, 6.07) is 0. The first kappa shape index (κ1) is 25.6. The van der Waals surface area contributed by atoms with E-state index in [1.807, 2.05) is 0 Å². The van der Waals surface area contributed by atoms with Crippen molar-refractivity contribution in [1.29, 1.82) is 0 Å². The Morgan fingerprint density at radius 3 is 2.63 bits per heavy atom. The van der Waals surface area contributed by atoms with Crippen LogP contribution in [0.15, 0.2) is 15.9 Å². The van der Waals surface area contributed by atoms with Crippen molar-refractivity contribution >= 4 is 42.7 Å². The van der Waals surface area contributed by atoms with Gasteiger partial charge in [-0.1, -0.05) is 0 Å². The van der Waals surface area contributed by atoms with Gasteiger partial charge >= 0.3 is 15.6 Å². The van der Waals surface area contributed by atoms with E-state index < -0.39 is 64.7 Å². The third-order valence-corrected chi connectivity index (χ3v) is 8.52. The van der Waals surface area contributed by atoms with Gasteiger partial charge in [0.05, 0.1) is 19.8 Å². The van der Waals surface area contributed by atoms with Crippen LogP contribution in [0.25, 0.3) is 11.2 Å². The molecule has 19 heteroatoms. The lowest BCUT2D eigenvalue weighted by atomic mass is 10.1. The summed E-state index contributed by atoms with van der Waals surface area (Å²) in [4.78, 5) is 41.3. The van der Waals surface area contributed by atoms with Crippen molar-refractivity contribution in [3.8, 4) is 0 Å². The van der Waals surface area contributed by atoms with E-state index in [1.165, 1.54) is 10.9 Å². The summed E-state index contributed by atoms with van der Waals surface area (Å²) < 4.78 is 64.3. The lowest BCUT2D eigenvalue weighted by Crippen LogP contribution is -2.32. The Balaban J connectivity index is 1.56. The average molecular weight is 603 g/mol. The standard InChI is InChI=1S/C16H21BrN4O12P2/c1-16(2)31-10-8-5-29-35(25,26)33-34(23,24)28-4-3-27-7-20-6-18-12-9(13(20)22)19-15(17)21(12)14(30-8)11(10)32-16/h6,8,10-11,14H,3-5,7H2,1-2H3,(H,23,24)(H,25,26)/t8-,10-,11-,14-/m1/s1. The van der Waals surface area contributed by atoms with Gasteiger partial charge in [-0.25, -0.2) is 19.1 Å². The minimum Gasteiger partial charge on any atom is -0.358 e. The summed E-state index contributed by atoms with van der Waals surface area (Å²) in [7, 11) is -10.0. The fourth-order valence-corrected chi connectivity index (χ4v) is 6.62. The van der Waals surface area contributed by atoms with E-state index in [0.717, 1.165) is 4.57 Å². The number of fused-ring (bicyclic) bond motifs is 11. The highest BCUT2D eigenvalue weighted by Crippen LogP contribution is 2.60. The van der Waals surface area contributed by atoms with E-state index >= 15 is 0 Å². The molecule has 6 bridgehead atoms. The van der Waals surface area contributed by atoms with Crippen molar-refractivity contribution in [2.24, 2.45) is 0 Å². The van der Waals surface area contributed by atoms with Crippen molar-refractivity contribution in [3.05, 3.63) is 21.4 Å². The maximum absolute atomic E-state index is 12.9. The number of phosphoric ester groups is 2. The van der Waals surface area contributed by atoms with Gasteiger partial charge in [0.2, 0.25) is 0 Å². The molecule has 2 unspecified atom stereocenters. The monoisotopic (exact) mass is 602 g/mol. The lowest BCUT2D eigenvalue weighted by molar-refractivity contribution is -0.199. The number of nitrogens with zero attached hydrogens (tertiary/aromatic N) is 4. The van der Waals surface area contributed by atoms with Gasteiger partial charge in [0.25, 0.3) is 5.56 Å². The van der Waals surface area contributed by atoms with Gasteiger partial charge in [0.1, 0.15) is 31.4 Å². The molecule has 35 heavy (non-hydrogen) atoms. The Kier molecular flexibility index (Phi) is 6.61. The van der Waals surface area contributed by atoms with Gasteiger partial charge < -0.3 is 28.7 Å². The molecule has 2 fully saturated rings. The smallest absolute Gasteiger partial charge is 0.358 e. The molecule has 2 N–H and O–H groups in total. The van der Waals surface area contributed by atoms with E-state index in [0.29, 0.717) is 0 Å². The van der Waals surface area contributed by atoms with Crippen molar-refractivity contribution < 1.29 is 51.2 Å². The zero-order valence-electron chi connectivity index (χ0n) is 18.3. The van der Waals surface area contributed by atoms with Gasteiger partial charge in [-0.05, 0) is 29.8 Å². The molecule has 0 aliphatic carbocycles. The molecule has 4 aliphatic rings. The van der Waals surface area contributed by atoms with Crippen LogP contribution < -0.4 is 5.56 Å². The number of phosphoric acid groups is 2. The lowest BCUT2D eigenvalue weighted by Gasteiger charge is -2.25. The predicted octanol–water partition coefficient (Wildman–Crippen LogP) is 1.01. The number of hydrogen-bond donors (Lipinski definition) is 2. The molecular formula is C16H21BrN4O12P2. The van der Waals surface area contributed by atoms with Crippen molar-refractivity contribution in [3.63, 3.8) is 0 Å². The van der Waals surface area contributed by atoms with Crippen LogP contribution in [0.5, 0.6) is 0 Å². The summed E-state index contributed by atoms with van der Waals surface area (Å²) in [5, 5.41) is 0. The Hall–Kier alpha value is -1.07. The van der Waals surface area contributed by atoms with Crippen LogP contribution >= 0.6 is 31.6 Å². The van der Waals surface area contributed by atoms with Gasteiger partial charge in [-0.2, -0.15) is 4.31 Å². The number of halogens is 1. The molecule has 16 nitrogen and oxygen atoms in total. The van der Waals surface area contributed by atoms with Gasteiger partial charge in [-0.15, -0.1) is 0 Å². The number of hydrogen-bond acceptors (Lipinski definition) is 12. The van der Waals surface area contributed by atoms with Crippen LogP contribution in [0.2, 0.25) is 0 Å². The van der Waals surface area contributed by atoms with E-state index in [1.54, 1.807) is 13.8 Å². The molecule has 2 saturated heterocycles. The van der Waals surface area contributed by atoms with Crippen LogP contribution in [0.3, 0.4) is 0 Å². The SMILES string of the molecule is CC1(C)O[C@@H]2[C@H](O1)[C@H]1COP(=O)(O)OP(=O)(O)OCCOCn3cnc4c(nc(Br)n4[C@@H]2O1)c3=O. The van der Waals surface area contributed by atoms with Crippen LogP contribution in [-0.4, -0.2) is 72.8 Å². The zero-order chi connectivity index (χ0) is 25.2. The van der Waals surface area contributed by atoms with Crippen LogP contribution in [0, 0.1) is 0 Å². The van der Waals surface area contributed by atoms with E-state index in [-0.39, 0.29) is 29.2 Å². The van der Waals surface area contributed by atoms with E-state index in [2.05, 4.69) is 34.7 Å². The van der Waals surface area contributed by atoms with Crippen molar-refractivity contribution in [2.75, 3.05) is 19.8 Å². The van der Waals surface area contributed by atoms with Gasteiger partial charge in [-0.3, -0.25) is 23.0 Å². The van der Waals surface area contributed by atoms with E-state index in [9.17, 15) is 23.7 Å². The normalized spacial score (nSPS) is 38.0. The van der Waals surface area contributed by atoms with Crippen LogP contribution in [-0.2, 0) is 48.2 Å². The number of imidazole rings is 1. The molecule has 6 heterocycles. The molecule has 0 amide bonds. The van der Waals surface area contributed by atoms with Gasteiger partial charge in [0, 0.05) is 0 Å². The molecule has 6 atom stereocenters. The largest absolute Gasteiger partial charge is 0.481 e. The molecule has 4 aliphatic heterocycles. The third-order valence-electron chi connectivity index (χ3n) is 5.33. The predicted molar refractivity (Wildman–Crippen MR) is 116 cm³/mol. The number of ether oxygens (including phenoxy) is 4. The maximum atomic E-state index is 12.9. The molecule has 2 aromatic heterocycles. The topological polar surface area (TPSA) is 192 Å². The molecule has 194 valence electrons. The third kappa shape index (κ3) is 5.06. The highest BCUT2D eigenvalue weighted by Gasteiger charge is 2.57. The summed E-state index contributed by atoms with van der Waals surface area (Å²) >= 11 is 3.34. The first-order valence-corrected chi connectivity index (χ1v) is 14.0. The second-order valence-corrected chi connectivity index (χ2v) is 12.0. The molecule has 0 radical (unpaired) electrons. The molecule has 0 saturated carbocycles. The van der Waals surface area contributed by atoms with Crippen molar-refractivity contribution in [1.82, 2.24) is 19.1 Å². The van der Waals surface area contributed by atoms with Crippen LogP contribution in [0.1, 0.15) is 20.1 Å². The summed E-state index contributed by atoms with van der Waals surface area (Å²) in [6.45, 7) is 1.77. The van der Waals surface area contributed by atoms with Crippen molar-refractivity contribution in [2.45, 2.75) is 50.9 Å². The Morgan fingerprint density at radius 2 is 1.86 bits per heavy atom. The molecule has 0 aromatic carbocycles. The molecular weight excluding hydrogens is 582 g/mol. The Labute approximate surface area is 205 Å².